The van der Waals surface area contributed by atoms with Crippen molar-refractivity contribution in [2.24, 2.45) is 0 Å². The van der Waals surface area contributed by atoms with E-state index in [0.29, 0.717) is 0 Å². The molecule has 0 fully saturated rings. The summed E-state index contributed by atoms with van der Waals surface area (Å²) >= 11 is 0. The number of nitrogens with zero attached hydrogens (tertiary/aromatic N) is 1. The molecule has 0 aromatic heterocycles. The molecule has 0 aliphatic rings. The normalized spacial score (nSPS) is 4.42. The molecule has 0 aliphatic heterocycles. The molecule has 14 nitrogen and oxygen atoms in total. The fraction of sp³-hybridized carbons (Fsp3) is 0. The second-order valence-corrected chi connectivity index (χ2v) is 1.70. The van der Waals surface area contributed by atoms with Gasteiger partial charge in [0.05, 0.1) is 5.09 Å². The average molecular weight is 503 g/mol. The summed E-state index contributed by atoms with van der Waals surface area (Å²) in [6.45, 7) is 0. The van der Waals surface area contributed by atoms with E-state index in [4.69, 9.17) is 47.9 Å². The van der Waals surface area contributed by atoms with Crippen LogP contribution in [0, 0.1) is 15.3 Å². The Morgan fingerprint density at radius 3 is 0.917 bits per heavy atom. The Hall–Kier alpha value is 5.70. The molecule has 0 spiro atoms. The summed E-state index contributed by atoms with van der Waals surface area (Å²) < 4.78 is 34.1. The fourth-order valence-electron chi connectivity index (χ4n) is 0. The summed E-state index contributed by atoms with van der Waals surface area (Å²) in [4.78, 5) is 16.6. The van der Waals surface area contributed by atoms with E-state index in [1.165, 1.54) is 0 Å². The minimum absolute atomic E-state index is 0. The van der Waals surface area contributed by atoms with Crippen molar-refractivity contribution in [1.82, 2.24) is 0 Å². The Balaban J connectivity index is -0.00000000425. The number of hydrogen-bond donors (Lipinski definition) is 0. The van der Waals surface area contributed by atoms with Crippen LogP contribution in [0.2, 0.25) is 0 Å². The van der Waals surface area contributed by atoms with E-state index < -0.39 is 21.6 Å². The van der Waals surface area contributed by atoms with Gasteiger partial charge in [0.25, 0.3) is 0 Å². The molecule has 23 heteroatoms. The van der Waals surface area contributed by atoms with Crippen molar-refractivity contribution >= 4 is 123 Å². The van der Waals surface area contributed by atoms with Gasteiger partial charge in [0, 0.05) is 10.4 Å². The van der Waals surface area contributed by atoms with Gasteiger partial charge < -0.3 is 68.3 Å². The molecule has 0 atom stereocenters. The van der Waals surface area contributed by atoms with E-state index >= 15 is 0 Å². The van der Waals surface area contributed by atoms with E-state index in [-0.39, 0.29) is 246 Å². The van der Waals surface area contributed by atoms with Crippen molar-refractivity contribution < 1.29 is 177 Å². The molecular weight excluding hydrogens is 500 g/mol. The molecule has 3 N–H and O–H groups in total. The molecule has 0 saturated carbocycles. The largest absolute Gasteiger partial charge is 2.00 e. The first-order valence-corrected chi connectivity index (χ1v) is 3.16. The average Bonchev–Trinajstić information content (AvgIpc) is 1.50. The maximum absolute atomic E-state index is 8.52. The zero-order valence-electron chi connectivity index (χ0n) is 13.0. The summed E-state index contributed by atoms with van der Waals surface area (Å²) in [7, 11) is -5.17. The molecule has 0 amide bonds. The van der Waals surface area contributed by atoms with Crippen LogP contribution in [0.3, 0.4) is 0 Å². The third-order valence-corrected chi connectivity index (χ3v) is 0. The van der Waals surface area contributed by atoms with Crippen LogP contribution in [-0.4, -0.2) is 147 Å². The van der Waals surface area contributed by atoms with Crippen molar-refractivity contribution in [1.29, 1.82) is 0 Å². The number of hydrogen-bond acceptors (Lipinski definition) is 11. The number of carbonyl (C=O) groups excluding carboxylic acids is 1. The molecule has 24 heavy (non-hydrogen) atoms. The van der Waals surface area contributed by atoms with Crippen LogP contribution in [0.25, 0.3) is 0 Å². The second-order valence-electron chi connectivity index (χ2n) is 0.882. The molecular formula is CH3CaClKMg3NNa2O13S+2. The fourth-order valence-corrected chi connectivity index (χ4v) is 0. The van der Waals surface area contributed by atoms with Crippen molar-refractivity contribution in [3.8, 4) is 0 Å². The topological polar surface area (TPSA) is 300 Å². The SMILES string of the molecule is O.O=C([O-])[O-].O=S(=O)([O-])[O-].O=[N+]([O-])[O-].[Ca+2].[Cl-].[K+].[Mg+2].[Mg+2].[Mg+2].[Na+].[Na+].[O-2].[OH-]. The quantitative estimate of drug-likeness (QED) is 0.0983. The maximum Gasteiger partial charge on any atom is 2.00 e. The summed E-state index contributed by atoms with van der Waals surface area (Å²) in [6.07, 6.45) is -2.33. The van der Waals surface area contributed by atoms with Crippen LogP contribution in [0.15, 0.2) is 0 Å². The molecule has 0 saturated heterocycles. The van der Waals surface area contributed by atoms with Gasteiger partial charge in [0.15, 0.2) is 0 Å². The first-order valence-electron chi connectivity index (χ1n) is 1.83. The van der Waals surface area contributed by atoms with Crippen molar-refractivity contribution in [3.05, 3.63) is 15.3 Å². The van der Waals surface area contributed by atoms with Gasteiger partial charge in [-0.2, -0.15) is 0 Å². The first-order chi connectivity index (χ1) is 5.46. The molecule has 0 aromatic rings. The Labute approximate surface area is 308 Å². The zero-order chi connectivity index (χ0) is 11.7. The van der Waals surface area contributed by atoms with Gasteiger partial charge in [-0.15, -0.1) is 0 Å². The van der Waals surface area contributed by atoms with Gasteiger partial charge in [-0.05, 0) is 6.16 Å². The minimum atomic E-state index is -5.17. The van der Waals surface area contributed by atoms with Gasteiger partial charge >= 0.3 is 217 Å². The van der Waals surface area contributed by atoms with Crippen LogP contribution >= 0.6 is 0 Å². The molecule has 0 aliphatic carbocycles. The molecule has 0 rings (SSSR count). The van der Waals surface area contributed by atoms with E-state index in [1.807, 2.05) is 0 Å². The summed E-state index contributed by atoms with van der Waals surface area (Å²) in [5.41, 5.74) is 0. The van der Waals surface area contributed by atoms with Gasteiger partial charge in [0.1, 0.15) is 0 Å². The van der Waals surface area contributed by atoms with Crippen molar-refractivity contribution in [2.45, 2.75) is 0 Å². The van der Waals surface area contributed by atoms with Gasteiger partial charge in [-0.3, -0.25) is 8.42 Å². The minimum Gasteiger partial charge on any atom is -2.00 e. The molecule has 0 unspecified atom stereocenters. The van der Waals surface area contributed by atoms with Crippen LogP contribution in [0.1, 0.15) is 0 Å². The maximum atomic E-state index is 8.52. The van der Waals surface area contributed by atoms with E-state index in [9.17, 15) is 0 Å². The second kappa shape index (κ2) is 70.3. The number of carbonyl (C=O) groups is 1. The summed E-state index contributed by atoms with van der Waals surface area (Å²) in [6, 6.07) is 0. The monoisotopic (exact) mass is 501 g/mol. The van der Waals surface area contributed by atoms with Gasteiger partial charge in [-0.25, -0.2) is 0 Å². The van der Waals surface area contributed by atoms with Crippen LogP contribution in [-0.2, 0) is 15.9 Å². The smallest absolute Gasteiger partial charge is 2.00 e. The Bertz CT molecular complexity index is 250. The molecule has 0 radical (unpaired) electrons. The molecule has 0 aromatic carbocycles. The van der Waals surface area contributed by atoms with Crippen LogP contribution in [0.4, 0.5) is 4.79 Å². The Morgan fingerprint density at radius 1 is 0.917 bits per heavy atom. The standard InChI is InChI=1S/CH2O3.Ca.ClH.K.3Mg.NO3.2Na.H2O4S.2H2O.O/c2-1(3)4;;;;;;;2-1(3)4;;;1-5(2,3)4;;;/h(H2,2,3,4);;1H;;;;;;;;(H2,1,2,3,4);2*1H2;/q;+2;;+1;3*+2;-1;2*+1;;;;-2/p-6. The number of rotatable bonds is 0. The van der Waals surface area contributed by atoms with E-state index in [0.717, 1.165) is 0 Å². The summed E-state index contributed by atoms with van der Waals surface area (Å²) in [5.74, 6) is 0. The predicted molar refractivity (Wildman–Crippen MR) is 55.5 cm³/mol. The first kappa shape index (κ1) is 99.2. The molecule has 0 bridgehead atoms. The van der Waals surface area contributed by atoms with Gasteiger partial charge in [-0.1, -0.05) is 0 Å². The summed E-state index contributed by atoms with van der Waals surface area (Å²) in [5, 5.41) is 31.4. The van der Waals surface area contributed by atoms with E-state index in [1.54, 1.807) is 0 Å². The van der Waals surface area contributed by atoms with Crippen molar-refractivity contribution in [2.75, 3.05) is 0 Å². The third kappa shape index (κ3) is 607. The van der Waals surface area contributed by atoms with Gasteiger partial charge in [0.2, 0.25) is 0 Å². The third-order valence-electron chi connectivity index (χ3n) is 0. The van der Waals surface area contributed by atoms with E-state index in [2.05, 4.69) is 0 Å². The Morgan fingerprint density at radius 2 is 0.917 bits per heavy atom. The Kier molecular flexibility index (Phi) is 291. The van der Waals surface area contributed by atoms with Crippen molar-refractivity contribution in [3.63, 3.8) is 0 Å². The number of halogens is 1. The molecule has 0 heterocycles. The predicted octanol–water partition coefficient (Wildman–Crippen LogP) is -18.7. The molecule has 112 valence electrons. The zero-order valence-corrected chi connectivity index (χ0v) is 28.1. The van der Waals surface area contributed by atoms with Crippen LogP contribution in [0.5, 0.6) is 0 Å². The van der Waals surface area contributed by atoms with Crippen LogP contribution < -0.4 is 133 Å². The number of carboxylic acid groups (broad SMARTS) is 2.